The number of anilines is 1. The molecule has 2 aromatic heterocycles. The van der Waals surface area contributed by atoms with Crippen LogP contribution in [0.5, 0.6) is 5.88 Å². The van der Waals surface area contributed by atoms with Gasteiger partial charge in [0.25, 0.3) is 0 Å². The van der Waals surface area contributed by atoms with E-state index in [0.717, 1.165) is 38.7 Å². The smallest absolute Gasteiger partial charge is 0.322 e. The van der Waals surface area contributed by atoms with Gasteiger partial charge >= 0.3 is 6.03 Å². The van der Waals surface area contributed by atoms with Crippen molar-refractivity contribution in [2.45, 2.75) is 37.6 Å². The Bertz CT molecular complexity index is 1160. The summed E-state index contributed by atoms with van der Waals surface area (Å²) in [6, 6.07) is 13.9. The van der Waals surface area contributed by atoms with Crippen molar-refractivity contribution in [1.29, 1.82) is 0 Å². The largest absolute Gasteiger partial charge is 0.481 e. The molecule has 3 aromatic rings. The standard InChI is InChI=1S/C25H29N5O2S/c1-16-12-22(32-5)27-14-19(16)20-10-11-21-23(29-20)25(2,3)15-30(21)24(31)28-13-17-6-8-18(9-7-17)33-26-4/h6-12,14,26H,13,15H2,1-5H3,(H,28,31). The first-order valence-corrected chi connectivity index (χ1v) is 11.6. The Hall–Kier alpha value is -3.10. The van der Waals surface area contributed by atoms with Crippen LogP contribution >= 0.6 is 11.9 Å². The predicted octanol–water partition coefficient (Wildman–Crippen LogP) is 4.69. The fraction of sp³-hybridized carbons (Fsp3) is 0.320. The van der Waals surface area contributed by atoms with Crippen LogP contribution in [0, 0.1) is 6.92 Å². The minimum atomic E-state index is -0.261. The molecule has 0 bridgehead atoms. The summed E-state index contributed by atoms with van der Waals surface area (Å²) >= 11 is 1.56. The molecule has 0 spiro atoms. The molecule has 0 radical (unpaired) electrons. The molecule has 0 fully saturated rings. The fourth-order valence-corrected chi connectivity index (χ4v) is 4.54. The second-order valence-electron chi connectivity index (χ2n) is 8.68. The quantitative estimate of drug-likeness (QED) is 0.516. The zero-order valence-corrected chi connectivity index (χ0v) is 20.4. The summed E-state index contributed by atoms with van der Waals surface area (Å²) < 4.78 is 8.27. The zero-order valence-electron chi connectivity index (χ0n) is 19.6. The van der Waals surface area contributed by atoms with Crippen LogP contribution in [-0.4, -0.2) is 36.7 Å². The topological polar surface area (TPSA) is 79.4 Å². The van der Waals surface area contributed by atoms with Crippen LogP contribution < -0.4 is 19.7 Å². The summed E-state index contributed by atoms with van der Waals surface area (Å²) in [5.41, 5.74) is 5.40. The van der Waals surface area contributed by atoms with E-state index in [1.807, 2.05) is 56.4 Å². The van der Waals surface area contributed by atoms with Crippen molar-refractivity contribution in [2.24, 2.45) is 0 Å². The number of carbonyl (C=O) groups excluding carboxylic acids is 1. The lowest BCUT2D eigenvalue weighted by Crippen LogP contribution is -2.41. The highest BCUT2D eigenvalue weighted by molar-refractivity contribution is 7.97. The fourth-order valence-electron chi connectivity index (χ4n) is 4.03. The van der Waals surface area contributed by atoms with E-state index >= 15 is 0 Å². The molecule has 2 amide bonds. The molecule has 172 valence electrons. The Morgan fingerprint density at radius 3 is 2.64 bits per heavy atom. The number of hydrogen-bond acceptors (Lipinski definition) is 6. The predicted molar refractivity (Wildman–Crippen MR) is 133 cm³/mol. The van der Waals surface area contributed by atoms with Crippen molar-refractivity contribution >= 4 is 23.7 Å². The Labute approximate surface area is 199 Å². The van der Waals surface area contributed by atoms with E-state index in [2.05, 4.69) is 28.9 Å². The van der Waals surface area contributed by atoms with Crippen LogP contribution in [-0.2, 0) is 12.0 Å². The third-order valence-electron chi connectivity index (χ3n) is 5.76. The van der Waals surface area contributed by atoms with Crippen LogP contribution in [0.1, 0.15) is 30.7 Å². The van der Waals surface area contributed by atoms with Gasteiger partial charge < -0.3 is 10.1 Å². The number of benzene rings is 1. The molecule has 0 saturated heterocycles. The third kappa shape index (κ3) is 4.82. The molecule has 1 aliphatic heterocycles. The van der Waals surface area contributed by atoms with Gasteiger partial charge in [-0.1, -0.05) is 26.0 Å². The van der Waals surface area contributed by atoms with Crippen molar-refractivity contribution in [3.05, 3.63) is 65.5 Å². The van der Waals surface area contributed by atoms with E-state index in [1.165, 1.54) is 0 Å². The highest BCUT2D eigenvalue weighted by Gasteiger charge is 2.39. The number of nitrogens with one attached hydrogen (secondary N) is 2. The molecule has 1 aromatic carbocycles. The van der Waals surface area contributed by atoms with Gasteiger partial charge in [0.1, 0.15) is 0 Å². The SMILES string of the molecule is CNSc1ccc(CNC(=O)N2CC(C)(C)c3nc(-c4cnc(OC)cc4C)ccc32)cc1. The molecule has 33 heavy (non-hydrogen) atoms. The normalized spacial score (nSPS) is 14.2. The second-order valence-corrected chi connectivity index (χ2v) is 9.77. The first-order chi connectivity index (χ1) is 15.8. The number of methoxy groups -OCH3 is 1. The third-order valence-corrected chi connectivity index (χ3v) is 6.47. The molecule has 0 unspecified atom stereocenters. The molecule has 0 atom stereocenters. The van der Waals surface area contributed by atoms with Crippen LogP contribution in [0.25, 0.3) is 11.3 Å². The van der Waals surface area contributed by atoms with E-state index in [-0.39, 0.29) is 11.4 Å². The van der Waals surface area contributed by atoms with Gasteiger partial charge in [0, 0.05) is 41.2 Å². The lowest BCUT2D eigenvalue weighted by atomic mass is 9.91. The number of aryl methyl sites for hydroxylation is 1. The van der Waals surface area contributed by atoms with Crippen LogP contribution in [0.15, 0.2) is 53.6 Å². The van der Waals surface area contributed by atoms with Crippen LogP contribution in [0.4, 0.5) is 10.5 Å². The number of ether oxygens (including phenoxy) is 1. The number of amides is 2. The minimum Gasteiger partial charge on any atom is -0.481 e. The molecule has 8 heteroatoms. The second kappa shape index (κ2) is 9.41. The summed E-state index contributed by atoms with van der Waals surface area (Å²) in [5, 5.41) is 3.05. The van der Waals surface area contributed by atoms with Gasteiger partial charge in [-0.2, -0.15) is 0 Å². The lowest BCUT2D eigenvalue weighted by Gasteiger charge is -2.20. The number of urea groups is 1. The van der Waals surface area contributed by atoms with E-state index in [9.17, 15) is 4.79 Å². The van der Waals surface area contributed by atoms with Crippen molar-refractivity contribution < 1.29 is 9.53 Å². The summed E-state index contributed by atoms with van der Waals surface area (Å²) in [6.45, 7) is 7.30. The van der Waals surface area contributed by atoms with Crippen molar-refractivity contribution in [3.63, 3.8) is 0 Å². The van der Waals surface area contributed by atoms with E-state index in [1.54, 1.807) is 30.2 Å². The molecular formula is C25H29N5O2S. The lowest BCUT2D eigenvalue weighted by molar-refractivity contribution is 0.245. The van der Waals surface area contributed by atoms with Gasteiger partial charge in [-0.05, 0) is 61.3 Å². The summed E-state index contributed by atoms with van der Waals surface area (Å²) in [5.74, 6) is 0.580. The molecule has 4 rings (SSSR count). The number of nitrogens with zero attached hydrogens (tertiary/aromatic N) is 3. The molecule has 2 N–H and O–H groups in total. The number of hydrogen-bond donors (Lipinski definition) is 2. The zero-order chi connectivity index (χ0) is 23.6. The Morgan fingerprint density at radius 1 is 1.21 bits per heavy atom. The Balaban J connectivity index is 1.53. The maximum Gasteiger partial charge on any atom is 0.322 e. The first-order valence-electron chi connectivity index (χ1n) is 10.8. The van der Waals surface area contributed by atoms with Crippen molar-refractivity contribution in [1.82, 2.24) is 20.0 Å². The summed E-state index contributed by atoms with van der Waals surface area (Å²) in [4.78, 5) is 25.3. The van der Waals surface area contributed by atoms with Gasteiger partial charge in [0.2, 0.25) is 5.88 Å². The molecule has 0 aliphatic carbocycles. The number of aromatic nitrogens is 2. The maximum absolute atomic E-state index is 13.1. The highest BCUT2D eigenvalue weighted by atomic mass is 32.2. The molecule has 1 aliphatic rings. The number of rotatable bonds is 6. The average molecular weight is 464 g/mol. The average Bonchev–Trinajstić information content (AvgIpc) is 3.09. The van der Waals surface area contributed by atoms with E-state index in [4.69, 9.17) is 9.72 Å². The van der Waals surface area contributed by atoms with Gasteiger partial charge in [-0.25, -0.2) is 14.8 Å². The van der Waals surface area contributed by atoms with Gasteiger partial charge in [-0.3, -0.25) is 9.62 Å². The summed E-state index contributed by atoms with van der Waals surface area (Å²) in [7, 11) is 3.50. The van der Waals surface area contributed by atoms with Crippen molar-refractivity contribution in [3.8, 4) is 17.1 Å². The van der Waals surface area contributed by atoms with Gasteiger partial charge in [0.05, 0.1) is 24.2 Å². The molecule has 7 nitrogen and oxygen atoms in total. The van der Waals surface area contributed by atoms with Gasteiger partial charge in [-0.15, -0.1) is 0 Å². The Morgan fingerprint density at radius 2 is 1.97 bits per heavy atom. The van der Waals surface area contributed by atoms with Crippen LogP contribution in [0.2, 0.25) is 0 Å². The molecule has 0 saturated carbocycles. The summed E-state index contributed by atoms with van der Waals surface area (Å²) in [6.07, 6.45) is 1.79. The van der Waals surface area contributed by atoms with Gasteiger partial charge in [0.15, 0.2) is 0 Å². The first kappa shape index (κ1) is 23.1. The van der Waals surface area contributed by atoms with Crippen molar-refractivity contribution in [2.75, 3.05) is 25.6 Å². The van der Waals surface area contributed by atoms with Crippen LogP contribution in [0.3, 0.4) is 0 Å². The minimum absolute atomic E-state index is 0.118. The number of carbonyl (C=O) groups is 1. The number of fused-ring (bicyclic) bond motifs is 1. The molecular weight excluding hydrogens is 434 g/mol. The monoisotopic (exact) mass is 463 g/mol. The van der Waals surface area contributed by atoms with E-state index in [0.29, 0.717) is 19.0 Å². The Kier molecular flexibility index (Phi) is 6.58. The number of pyridine rings is 2. The molecule has 3 heterocycles. The maximum atomic E-state index is 13.1. The highest BCUT2D eigenvalue weighted by Crippen LogP contribution is 2.40. The van der Waals surface area contributed by atoms with E-state index < -0.39 is 0 Å².